The van der Waals surface area contributed by atoms with Crippen LogP contribution in [-0.2, 0) is 4.79 Å². The molecule has 1 aliphatic rings. The van der Waals surface area contributed by atoms with Crippen molar-refractivity contribution in [2.75, 3.05) is 42.9 Å². The summed E-state index contributed by atoms with van der Waals surface area (Å²) in [4.78, 5) is 21.9. The third-order valence-corrected chi connectivity index (χ3v) is 5.59. The Morgan fingerprint density at radius 1 is 1.03 bits per heavy atom. The van der Waals surface area contributed by atoms with E-state index in [1.165, 1.54) is 5.56 Å². The summed E-state index contributed by atoms with van der Waals surface area (Å²) in [7, 11) is 0. The van der Waals surface area contributed by atoms with Crippen molar-refractivity contribution in [3.8, 4) is 0 Å². The summed E-state index contributed by atoms with van der Waals surface area (Å²) >= 11 is 0. The van der Waals surface area contributed by atoms with Crippen LogP contribution in [0.3, 0.4) is 0 Å². The van der Waals surface area contributed by atoms with Gasteiger partial charge in [0.1, 0.15) is 5.82 Å². The number of anilines is 2. The Labute approximate surface area is 178 Å². The molecule has 5 nitrogen and oxygen atoms in total. The Kier molecular flexibility index (Phi) is 6.10. The average molecular weight is 401 g/mol. The number of aromatic nitrogens is 1. The Morgan fingerprint density at radius 2 is 1.80 bits per heavy atom. The van der Waals surface area contributed by atoms with Gasteiger partial charge >= 0.3 is 0 Å². The summed E-state index contributed by atoms with van der Waals surface area (Å²) in [5.74, 6) is 0.879. The molecule has 1 aliphatic heterocycles. The lowest BCUT2D eigenvalue weighted by molar-refractivity contribution is -0.111. The molecule has 4 rings (SSSR count). The lowest BCUT2D eigenvalue weighted by Gasteiger charge is -2.34. The van der Waals surface area contributed by atoms with Gasteiger partial charge in [-0.05, 0) is 55.4 Å². The first kappa shape index (κ1) is 20.1. The van der Waals surface area contributed by atoms with Crippen molar-refractivity contribution in [3.05, 3.63) is 71.8 Å². The average Bonchev–Trinajstić information content (AvgIpc) is 2.78. The molecule has 1 aromatic heterocycles. The van der Waals surface area contributed by atoms with Gasteiger partial charge in [-0.3, -0.25) is 4.79 Å². The number of piperazine rings is 1. The minimum absolute atomic E-state index is 0.145. The summed E-state index contributed by atoms with van der Waals surface area (Å²) in [6, 6.07) is 18.1. The number of aryl methyl sites for hydroxylation is 1. The van der Waals surface area contributed by atoms with E-state index in [-0.39, 0.29) is 5.91 Å². The summed E-state index contributed by atoms with van der Waals surface area (Å²) in [6.45, 7) is 9.53. The highest BCUT2D eigenvalue weighted by atomic mass is 16.1. The number of carbonyl (C=O) groups excluding carboxylic acids is 1. The van der Waals surface area contributed by atoms with Crippen LogP contribution in [0.4, 0.5) is 11.5 Å². The van der Waals surface area contributed by atoms with E-state index in [1.807, 2.05) is 55.5 Å². The summed E-state index contributed by atoms with van der Waals surface area (Å²) in [5, 5.41) is 3.96. The maximum atomic E-state index is 12.3. The third kappa shape index (κ3) is 4.86. The van der Waals surface area contributed by atoms with Crippen molar-refractivity contribution in [2.45, 2.75) is 13.8 Å². The maximum Gasteiger partial charge on any atom is 0.248 e. The zero-order valence-corrected chi connectivity index (χ0v) is 17.6. The number of hydrogen-bond donors (Lipinski definition) is 1. The molecular weight excluding hydrogens is 372 g/mol. The quantitative estimate of drug-likeness (QED) is 0.648. The second-order valence-corrected chi connectivity index (χ2v) is 7.73. The van der Waals surface area contributed by atoms with Crippen LogP contribution < -0.4 is 10.2 Å². The highest BCUT2D eigenvalue weighted by molar-refractivity contribution is 6.03. The predicted octanol–water partition coefficient (Wildman–Crippen LogP) is 4.34. The van der Waals surface area contributed by atoms with Gasteiger partial charge in [-0.2, -0.15) is 0 Å². The zero-order valence-electron chi connectivity index (χ0n) is 17.6. The highest BCUT2D eigenvalue weighted by Crippen LogP contribution is 2.22. The lowest BCUT2D eigenvalue weighted by atomic mass is 10.1. The van der Waals surface area contributed by atoms with Crippen molar-refractivity contribution >= 4 is 34.4 Å². The Morgan fingerprint density at radius 3 is 2.53 bits per heavy atom. The Bertz CT molecular complexity index is 1050. The molecule has 0 bridgehead atoms. The molecule has 2 heterocycles. The summed E-state index contributed by atoms with van der Waals surface area (Å²) < 4.78 is 0. The van der Waals surface area contributed by atoms with Gasteiger partial charge in [-0.1, -0.05) is 36.8 Å². The smallest absolute Gasteiger partial charge is 0.248 e. The van der Waals surface area contributed by atoms with Crippen molar-refractivity contribution in [3.63, 3.8) is 0 Å². The molecule has 1 amide bonds. The minimum atomic E-state index is -0.145. The second-order valence-electron chi connectivity index (χ2n) is 7.73. The number of nitrogens with zero attached hydrogens (tertiary/aromatic N) is 3. The molecule has 3 aromatic rings. The number of benzene rings is 2. The molecule has 0 atom stereocenters. The van der Waals surface area contributed by atoms with E-state index in [9.17, 15) is 4.79 Å². The zero-order chi connectivity index (χ0) is 20.9. The van der Waals surface area contributed by atoms with Crippen LogP contribution in [0.15, 0.2) is 60.7 Å². The van der Waals surface area contributed by atoms with Crippen LogP contribution in [-0.4, -0.2) is 48.5 Å². The monoisotopic (exact) mass is 400 g/mol. The fourth-order valence-corrected chi connectivity index (χ4v) is 3.70. The van der Waals surface area contributed by atoms with E-state index in [1.54, 1.807) is 6.08 Å². The van der Waals surface area contributed by atoms with Gasteiger partial charge in [0.25, 0.3) is 0 Å². The normalized spacial score (nSPS) is 15.1. The molecule has 2 aromatic carbocycles. The van der Waals surface area contributed by atoms with Crippen molar-refractivity contribution < 1.29 is 4.79 Å². The number of rotatable bonds is 5. The highest BCUT2D eigenvalue weighted by Gasteiger charge is 2.16. The number of nitrogens with one attached hydrogen (secondary N) is 1. The summed E-state index contributed by atoms with van der Waals surface area (Å²) in [5.41, 5.74) is 3.92. The van der Waals surface area contributed by atoms with Gasteiger partial charge in [-0.15, -0.1) is 0 Å². The molecule has 1 saturated heterocycles. The Balaban J connectivity index is 1.42. The largest absolute Gasteiger partial charge is 0.354 e. The van der Waals surface area contributed by atoms with Gasteiger partial charge in [0, 0.05) is 43.3 Å². The number of fused-ring (bicyclic) bond motifs is 1. The first-order valence-electron chi connectivity index (χ1n) is 10.5. The van der Waals surface area contributed by atoms with Crippen LogP contribution in [0.5, 0.6) is 0 Å². The SMILES string of the molecule is CCN1CCN(c2ccc3cc(NC(=O)/C=C\c4ccc(C)cc4)ccc3n2)CC1. The molecule has 30 heavy (non-hydrogen) atoms. The van der Waals surface area contributed by atoms with Crippen molar-refractivity contribution in [1.82, 2.24) is 9.88 Å². The van der Waals surface area contributed by atoms with Crippen molar-refractivity contribution in [1.29, 1.82) is 0 Å². The van der Waals surface area contributed by atoms with Crippen LogP contribution in [0.25, 0.3) is 17.0 Å². The topological polar surface area (TPSA) is 48.5 Å². The number of likely N-dealkylation sites (N-methyl/N-ethyl adjacent to an activating group) is 1. The van der Waals surface area contributed by atoms with Crippen LogP contribution in [0.1, 0.15) is 18.1 Å². The van der Waals surface area contributed by atoms with Gasteiger partial charge in [0.15, 0.2) is 0 Å². The minimum Gasteiger partial charge on any atom is -0.354 e. The lowest BCUT2D eigenvalue weighted by Crippen LogP contribution is -2.46. The molecule has 0 spiro atoms. The number of amides is 1. The predicted molar refractivity (Wildman–Crippen MR) is 125 cm³/mol. The fraction of sp³-hybridized carbons (Fsp3) is 0.280. The van der Waals surface area contributed by atoms with Gasteiger partial charge in [-0.25, -0.2) is 4.98 Å². The number of carbonyl (C=O) groups is 1. The molecule has 1 fully saturated rings. The molecule has 154 valence electrons. The fourth-order valence-electron chi connectivity index (χ4n) is 3.70. The van der Waals surface area contributed by atoms with E-state index >= 15 is 0 Å². The van der Waals surface area contributed by atoms with E-state index in [0.717, 1.165) is 60.7 Å². The third-order valence-electron chi connectivity index (χ3n) is 5.59. The second kappa shape index (κ2) is 9.09. The first-order chi connectivity index (χ1) is 14.6. The Hall–Kier alpha value is -3.18. The van der Waals surface area contributed by atoms with Crippen molar-refractivity contribution in [2.24, 2.45) is 0 Å². The number of pyridine rings is 1. The molecule has 0 saturated carbocycles. The van der Waals surface area contributed by atoms with Crippen LogP contribution in [0.2, 0.25) is 0 Å². The number of hydrogen-bond acceptors (Lipinski definition) is 4. The molecule has 0 aliphatic carbocycles. The molecule has 1 N–H and O–H groups in total. The standard InChI is InChI=1S/C25H28N4O/c1-3-28-14-16-29(17-15-28)24-12-9-21-18-22(10-11-23(21)27-24)26-25(30)13-8-20-6-4-19(2)5-7-20/h4-13,18H,3,14-17H2,1-2H3,(H,26,30)/b13-8-. The van der Waals surface area contributed by atoms with E-state index in [0.29, 0.717) is 0 Å². The van der Waals surface area contributed by atoms with Gasteiger partial charge < -0.3 is 15.1 Å². The first-order valence-corrected chi connectivity index (χ1v) is 10.5. The van der Waals surface area contributed by atoms with E-state index in [2.05, 4.69) is 34.2 Å². The summed E-state index contributed by atoms with van der Waals surface area (Å²) in [6.07, 6.45) is 3.38. The van der Waals surface area contributed by atoms with Crippen LogP contribution in [0, 0.1) is 6.92 Å². The van der Waals surface area contributed by atoms with E-state index < -0.39 is 0 Å². The molecular formula is C25H28N4O. The van der Waals surface area contributed by atoms with E-state index in [4.69, 9.17) is 4.98 Å². The van der Waals surface area contributed by atoms with Crippen LogP contribution >= 0.6 is 0 Å². The molecule has 0 unspecified atom stereocenters. The molecule has 5 heteroatoms. The maximum absolute atomic E-state index is 12.3. The van der Waals surface area contributed by atoms with Gasteiger partial charge in [0.05, 0.1) is 5.52 Å². The van der Waals surface area contributed by atoms with Gasteiger partial charge in [0.2, 0.25) is 5.91 Å². The molecule has 0 radical (unpaired) electrons.